The number of hydrogen-bond acceptors (Lipinski definition) is 5. The number of aromatic nitrogens is 3. The van der Waals surface area contributed by atoms with E-state index in [0.29, 0.717) is 13.1 Å². The first-order valence-electron chi connectivity index (χ1n) is 8.93. The third kappa shape index (κ3) is 5.20. The number of carbonyl (C=O) groups excluding carboxylic acids is 2. The van der Waals surface area contributed by atoms with Gasteiger partial charge in [0.25, 0.3) is 11.8 Å². The van der Waals surface area contributed by atoms with Gasteiger partial charge in [0.05, 0.1) is 12.2 Å². The molecule has 0 radical (unpaired) electrons. The lowest BCUT2D eigenvalue weighted by atomic mass is 10.2. The van der Waals surface area contributed by atoms with Crippen molar-refractivity contribution in [2.45, 2.75) is 13.0 Å². The Hall–Kier alpha value is -3.61. The van der Waals surface area contributed by atoms with E-state index in [0.717, 1.165) is 17.7 Å². The van der Waals surface area contributed by atoms with Crippen LogP contribution in [0.25, 0.3) is 0 Å². The fourth-order valence-corrected chi connectivity index (χ4v) is 2.59. The normalized spacial score (nSPS) is 10.3. The van der Waals surface area contributed by atoms with E-state index < -0.39 is 0 Å². The molecule has 0 spiro atoms. The summed E-state index contributed by atoms with van der Waals surface area (Å²) in [6.45, 7) is 0.839. The second kappa shape index (κ2) is 9.36. The number of amides is 2. The molecule has 2 amide bonds. The SMILES string of the molecule is CN(CCc1ccncc1)C(=O)c1cccc(C(=O)NCc2ccccn2)n1. The van der Waals surface area contributed by atoms with Crippen molar-refractivity contribution < 1.29 is 9.59 Å². The quantitative estimate of drug-likeness (QED) is 0.683. The van der Waals surface area contributed by atoms with Gasteiger partial charge >= 0.3 is 0 Å². The summed E-state index contributed by atoms with van der Waals surface area (Å²) in [7, 11) is 1.72. The average molecular weight is 375 g/mol. The molecule has 0 atom stereocenters. The standard InChI is InChI=1S/C21H21N5O2/c1-26(14-10-16-8-12-22-13-9-16)21(28)19-7-4-6-18(25-19)20(27)24-15-17-5-2-3-11-23-17/h2-9,11-13H,10,14-15H2,1H3,(H,24,27). The van der Waals surface area contributed by atoms with Crippen LogP contribution in [0.4, 0.5) is 0 Å². The fourth-order valence-electron chi connectivity index (χ4n) is 2.59. The van der Waals surface area contributed by atoms with Gasteiger partial charge in [-0.1, -0.05) is 12.1 Å². The number of hydrogen-bond donors (Lipinski definition) is 1. The van der Waals surface area contributed by atoms with E-state index in [2.05, 4.69) is 20.3 Å². The summed E-state index contributed by atoms with van der Waals surface area (Å²) in [5.74, 6) is -0.576. The van der Waals surface area contributed by atoms with Crippen LogP contribution in [0.1, 0.15) is 32.2 Å². The summed E-state index contributed by atoms with van der Waals surface area (Å²) in [5.41, 5.74) is 2.29. The molecule has 0 bridgehead atoms. The Labute approximate surface area is 163 Å². The van der Waals surface area contributed by atoms with E-state index in [1.165, 1.54) is 0 Å². The molecule has 7 heteroatoms. The summed E-state index contributed by atoms with van der Waals surface area (Å²) < 4.78 is 0. The topological polar surface area (TPSA) is 88.1 Å². The van der Waals surface area contributed by atoms with Crippen LogP contribution >= 0.6 is 0 Å². The number of carbonyl (C=O) groups is 2. The largest absolute Gasteiger partial charge is 0.345 e. The average Bonchev–Trinajstić information content (AvgIpc) is 2.76. The molecule has 0 aliphatic heterocycles. The minimum Gasteiger partial charge on any atom is -0.345 e. The van der Waals surface area contributed by atoms with Gasteiger partial charge in [0.2, 0.25) is 0 Å². The lowest BCUT2D eigenvalue weighted by molar-refractivity contribution is 0.0790. The van der Waals surface area contributed by atoms with Crippen LogP contribution in [0.15, 0.2) is 67.1 Å². The van der Waals surface area contributed by atoms with Crippen molar-refractivity contribution in [1.29, 1.82) is 0 Å². The third-order valence-electron chi connectivity index (χ3n) is 4.19. The van der Waals surface area contributed by atoms with Gasteiger partial charge in [-0.25, -0.2) is 4.98 Å². The van der Waals surface area contributed by atoms with Gasteiger partial charge in [-0.3, -0.25) is 19.6 Å². The summed E-state index contributed by atoms with van der Waals surface area (Å²) in [4.78, 5) is 38.9. The van der Waals surface area contributed by atoms with Gasteiger partial charge in [-0.2, -0.15) is 0 Å². The molecule has 0 saturated carbocycles. The van der Waals surface area contributed by atoms with E-state index in [9.17, 15) is 9.59 Å². The zero-order chi connectivity index (χ0) is 19.8. The number of pyridine rings is 3. The first-order chi connectivity index (χ1) is 13.6. The van der Waals surface area contributed by atoms with E-state index >= 15 is 0 Å². The van der Waals surface area contributed by atoms with E-state index in [4.69, 9.17) is 0 Å². The maximum absolute atomic E-state index is 12.6. The predicted octanol–water partition coefficient (Wildman–Crippen LogP) is 2.12. The van der Waals surface area contributed by atoms with Crippen LogP contribution in [0.2, 0.25) is 0 Å². The highest BCUT2D eigenvalue weighted by atomic mass is 16.2. The van der Waals surface area contributed by atoms with E-state index in [1.54, 1.807) is 48.7 Å². The highest BCUT2D eigenvalue weighted by Crippen LogP contribution is 2.06. The molecule has 142 valence electrons. The highest BCUT2D eigenvalue weighted by Gasteiger charge is 2.16. The van der Waals surface area contributed by atoms with Crippen molar-refractivity contribution in [1.82, 2.24) is 25.2 Å². The van der Waals surface area contributed by atoms with Crippen molar-refractivity contribution in [2.75, 3.05) is 13.6 Å². The molecule has 3 rings (SSSR count). The molecule has 1 N–H and O–H groups in total. The zero-order valence-corrected chi connectivity index (χ0v) is 15.6. The molecule has 0 aliphatic rings. The van der Waals surface area contributed by atoms with Crippen LogP contribution in [0.3, 0.4) is 0 Å². The molecule has 7 nitrogen and oxygen atoms in total. The molecular weight excluding hydrogens is 354 g/mol. The molecule has 28 heavy (non-hydrogen) atoms. The monoisotopic (exact) mass is 375 g/mol. The number of nitrogens with one attached hydrogen (secondary N) is 1. The predicted molar refractivity (Wildman–Crippen MR) is 105 cm³/mol. The van der Waals surface area contributed by atoms with Gasteiger partial charge in [0.1, 0.15) is 11.4 Å². The molecular formula is C21H21N5O2. The van der Waals surface area contributed by atoms with Gasteiger partial charge in [0, 0.05) is 32.2 Å². The Kier molecular flexibility index (Phi) is 6.41. The molecule has 0 saturated heterocycles. The van der Waals surface area contributed by atoms with Crippen LogP contribution in [-0.4, -0.2) is 45.3 Å². The van der Waals surface area contributed by atoms with Crippen molar-refractivity contribution in [3.8, 4) is 0 Å². The molecule has 3 aromatic rings. The summed E-state index contributed by atoms with van der Waals surface area (Å²) >= 11 is 0. The Morgan fingerprint density at radius 2 is 1.75 bits per heavy atom. The minimum absolute atomic E-state index is 0.198. The van der Waals surface area contributed by atoms with Crippen molar-refractivity contribution in [3.63, 3.8) is 0 Å². The smallest absolute Gasteiger partial charge is 0.272 e. The maximum atomic E-state index is 12.6. The van der Waals surface area contributed by atoms with E-state index in [-0.39, 0.29) is 23.2 Å². The molecule has 3 aromatic heterocycles. The first-order valence-corrected chi connectivity index (χ1v) is 8.93. The molecule has 0 fully saturated rings. The Bertz CT molecular complexity index is 932. The van der Waals surface area contributed by atoms with Gasteiger partial charge in [-0.05, 0) is 48.4 Å². The summed E-state index contributed by atoms with van der Waals surface area (Å²) in [5, 5.41) is 2.76. The number of nitrogens with zero attached hydrogens (tertiary/aromatic N) is 4. The maximum Gasteiger partial charge on any atom is 0.272 e. The molecule has 3 heterocycles. The Balaban J connectivity index is 1.59. The van der Waals surface area contributed by atoms with Crippen molar-refractivity contribution in [2.24, 2.45) is 0 Å². The number of likely N-dealkylation sites (N-methyl/N-ethyl adjacent to an activating group) is 1. The van der Waals surface area contributed by atoms with Crippen LogP contribution in [-0.2, 0) is 13.0 Å². The lowest BCUT2D eigenvalue weighted by Gasteiger charge is -2.17. The number of rotatable bonds is 7. The van der Waals surface area contributed by atoms with Crippen LogP contribution in [0.5, 0.6) is 0 Å². The zero-order valence-electron chi connectivity index (χ0n) is 15.6. The molecule has 0 aromatic carbocycles. The third-order valence-corrected chi connectivity index (χ3v) is 4.19. The lowest BCUT2D eigenvalue weighted by Crippen LogP contribution is -2.30. The van der Waals surface area contributed by atoms with Gasteiger partial charge < -0.3 is 10.2 Å². The van der Waals surface area contributed by atoms with Gasteiger partial charge in [0.15, 0.2) is 0 Å². The minimum atomic E-state index is -0.347. The summed E-state index contributed by atoms with van der Waals surface area (Å²) in [6, 6.07) is 14.2. The van der Waals surface area contributed by atoms with Gasteiger partial charge in [-0.15, -0.1) is 0 Å². The Morgan fingerprint density at radius 3 is 2.50 bits per heavy atom. The highest BCUT2D eigenvalue weighted by molar-refractivity contribution is 5.96. The second-order valence-electron chi connectivity index (χ2n) is 6.24. The summed E-state index contributed by atoms with van der Waals surface area (Å²) in [6.07, 6.45) is 5.84. The fraction of sp³-hybridized carbons (Fsp3) is 0.190. The van der Waals surface area contributed by atoms with Crippen molar-refractivity contribution >= 4 is 11.8 Å². The van der Waals surface area contributed by atoms with E-state index in [1.807, 2.05) is 30.3 Å². The van der Waals surface area contributed by atoms with Crippen molar-refractivity contribution in [3.05, 3.63) is 89.8 Å². The Morgan fingerprint density at radius 1 is 0.964 bits per heavy atom. The molecule has 0 unspecified atom stereocenters. The second-order valence-corrected chi connectivity index (χ2v) is 6.24. The molecule has 0 aliphatic carbocycles. The van der Waals surface area contributed by atoms with Crippen LogP contribution < -0.4 is 5.32 Å². The van der Waals surface area contributed by atoms with Crippen LogP contribution in [0, 0.1) is 0 Å². The first kappa shape index (κ1) is 19.2.